The maximum atomic E-state index is 12.3. The molecule has 0 unspecified atom stereocenters. The Morgan fingerprint density at radius 3 is 2.75 bits per heavy atom. The second-order valence-corrected chi connectivity index (χ2v) is 5.21. The monoisotopic (exact) mass is 222 g/mol. The molecule has 16 heavy (non-hydrogen) atoms. The zero-order chi connectivity index (χ0) is 11.9. The number of aryl methyl sites for hydroxylation is 1. The van der Waals surface area contributed by atoms with Gasteiger partial charge in [-0.05, 0) is 6.42 Å². The number of anilines is 2. The Morgan fingerprint density at radius 2 is 2.12 bits per heavy atom. The number of nitrogens with zero attached hydrogens (tertiary/aromatic N) is 3. The van der Waals surface area contributed by atoms with Crippen LogP contribution in [-0.4, -0.2) is 22.2 Å². The van der Waals surface area contributed by atoms with Crippen LogP contribution in [0.1, 0.15) is 27.2 Å². The minimum absolute atomic E-state index is 0.0978. The number of carbonyl (C=O) groups excluding carboxylic acids is 1. The number of nitrogen functional groups attached to an aromatic ring is 1. The molecule has 1 aromatic heterocycles. The van der Waals surface area contributed by atoms with E-state index in [0.29, 0.717) is 5.69 Å². The van der Waals surface area contributed by atoms with Crippen molar-refractivity contribution in [2.45, 2.75) is 33.7 Å². The number of rotatable bonds is 0. The van der Waals surface area contributed by atoms with Gasteiger partial charge < -0.3 is 5.73 Å². The summed E-state index contributed by atoms with van der Waals surface area (Å²) in [6.45, 7) is 7.31. The molecule has 0 aliphatic carbocycles. The van der Waals surface area contributed by atoms with Crippen molar-refractivity contribution in [2.75, 3.05) is 17.2 Å². The molecule has 0 saturated heterocycles. The Bertz CT molecular complexity index is 416. The van der Waals surface area contributed by atoms with Gasteiger partial charge in [0.05, 0.1) is 11.9 Å². The highest BCUT2D eigenvalue weighted by Gasteiger charge is 2.32. The normalized spacial score (nSPS) is 16.1. The maximum absolute atomic E-state index is 12.3. The minimum Gasteiger partial charge on any atom is -0.394 e. The summed E-state index contributed by atoms with van der Waals surface area (Å²) in [7, 11) is 0. The van der Waals surface area contributed by atoms with E-state index in [1.165, 1.54) is 0 Å². The minimum atomic E-state index is -0.390. The summed E-state index contributed by atoms with van der Waals surface area (Å²) in [4.78, 5) is 14.0. The van der Waals surface area contributed by atoms with Crippen molar-refractivity contribution in [1.82, 2.24) is 9.78 Å². The molecule has 5 nitrogen and oxygen atoms in total. The number of carbonyl (C=O) groups is 1. The van der Waals surface area contributed by atoms with E-state index >= 15 is 0 Å². The molecule has 0 fully saturated rings. The smallest absolute Gasteiger partial charge is 0.233 e. The van der Waals surface area contributed by atoms with Gasteiger partial charge in [-0.25, -0.2) is 4.68 Å². The number of nitrogens with two attached hydrogens (primary N) is 1. The Hall–Kier alpha value is -1.52. The summed E-state index contributed by atoms with van der Waals surface area (Å²) in [6, 6.07) is 0. The maximum Gasteiger partial charge on any atom is 0.233 e. The predicted octanol–water partition coefficient (Wildman–Crippen LogP) is 1.25. The van der Waals surface area contributed by atoms with Crippen LogP contribution in [0.2, 0.25) is 0 Å². The van der Waals surface area contributed by atoms with Crippen LogP contribution in [0.25, 0.3) is 0 Å². The van der Waals surface area contributed by atoms with E-state index in [1.807, 2.05) is 25.5 Å². The van der Waals surface area contributed by atoms with E-state index < -0.39 is 0 Å². The van der Waals surface area contributed by atoms with Crippen LogP contribution in [-0.2, 0) is 11.3 Å². The van der Waals surface area contributed by atoms with Gasteiger partial charge in [0.2, 0.25) is 5.91 Å². The van der Waals surface area contributed by atoms with E-state index in [9.17, 15) is 4.79 Å². The van der Waals surface area contributed by atoms with Crippen LogP contribution in [0, 0.1) is 5.41 Å². The molecular formula is C11H18N4O. The van der Waals surface area contributed by atoms with Crippen LogP contribution in [0.4, 0.5) is 11.5 Å². The van der Waals surface area contributed by atoms with E-state index in [2.05, 4.69) is 5.10 Å². The fourth-order valence-corrected chi connectivity index (χ4v) is 1.94. The van der Waals surface area contributed by atoms with Crippen LogP contribution in [0.15, 0.2) is 6.20 Å². The highest BCUT2D eigenvalue weighted by molar-refractivity contribution is 5.98. The molecule has 0 radical (unpaired) electrons. The van der Waals surface area contributed by atoms with Crippen LogP contribution in [0.3, 0.4) is 0 Å². The molecule has 1 aliphatic rings. The SMILES string of the molecule is CC(C)(C)C(=O)N1CCCn2ncc(N)c21. The molecule has 2 N–H and O–H groups in total. The van der Waals surface area contributed by atoms with Gasteiger partial charge in [-0.15, -0.1) is 0 Å². The van der Waals surface area contributed by atoms with E-state index in [-0.39, 0.29) is 11.3 Å². The first-order valence-corrected chi connectivity index (χ1v) is 5.54. The number of hydrogen-bond acceptors (Lipinski definition) is 3. The Balaban J connectivity index is 2.39. The lowest BCUT2D eigenvalue weighted by Crippen LogP contribution is -2.44. The molecule has 0 aromatic carbocycles. The summed E-state index contributed by atoms with van der Waals surface area (Å²) < 4.78 is 1.81. The van der Waals surface area contributed by atoms with Gasteiger partial charge in [0.15, 0.2) is 5.82 Å². The van der Waals surface area contributed by atoms with E-state index in [4.69, 9.17) is 5.73 Å². The fourth-order valence-electron chi connectivity index (χ4n) is 1.94. The molecule has 0 bridgehead atoms. The first kappa shape index (κ1) is 11.0. The molecule has 88 valence electrons. The van der Waals surface area contributed by atoms with E-state index in [1.54, 1.807) is 11.1 Å². The average molecular weight is 222 g/mol. The lowest BCUT2D eigenvalue weighted by atomic mass is 9.94. The van der Waals surface area contributed by atoms with Crippen molar-refractivity contribution in [3.8, 4) is 0 Å². The Morgan fingerprint density at radius 1 is 1.44 bits per heavy atom. The molecule has 0 spiro atoms. The number of amides is 1. The summed E-state index contributed by atoms with van der Waals surface area (Å²) >= 11 is 0. The summed E-state index contributed by atoms with van der Waals surface area (Å²) in [6.07, 6.45) is 2.54. The molecule has 0 atom stereocenters. The highest BCUT2D eigenvalue weighted by atomic mass is 16.2. The van der Waals surface area contributed by atoms with Gasteiger partial charge in [-0.2, -0.15) is 5.10 Å². The second-order valence-electron chi connectivity index (χ2n) is 5.21. The number of fused-ring (bicyclic) bond motifs is 1. The topological polar surface area (TPSA) is 64.2 Å². The van der Waals surface area contributed by atoms with Gasteiger partial charge in [0, 0.05) is 18.5 Å². The predicted molar refractivity (Wildman–Crippen MR) is 63.1 cm³/mol. The summed E-state index contributed by atoms with van der Waals surface area (Å²) in [5.74, 6) is 0.854. The highest BCUT2D eigenvalue weighted by Crippen LogP contribution is 2.30. The van der Waals surface area contributed by atoms with Crippen LogP contribution >= 0.6 is 0 Å². The third kappa shape index (κ3) is 1.66. The average Bonchev–Trinajstić information content (AvgIpc) is 2.58. The van der Waals surface area contributed by atoms with Crippen molar-refractivity contribution in [1.29, 1.82) is 0 Å². The van der Waals surface area contributed by atoms with Gasteiger partial charge in [-0.3, -0.25) is 9.69 Å². The first-order valence-electron chi connectivity index (χ1n) is 5.54. The fraction of sp³-hybridized carbons (Fsp3) is 0.636. The van der Waals surface area contributed by atoms with Crippen molar-refractivity contribution in [3.05, 3.63) is 6.20 Å². The Kier molecular flexibility index (Phi) is 2.40. The van der Waals surface area contributed by atoms with Crippen molar-refractivity contribution in [3.63, 3.8) is 0 Å². The molecule has 5 heteroatoms. The third-order valence-electron chi connectivity index (χ3n) is 2.73. The van der Waals surface area contributed by atoms with Gasteiger partial charge in [-0.1, -0.05) is 20.8 Å². The molecule has 1 amide bonds. The molecule has 0 saturated carbocycles. The first-order chi connectivity index (χ1) is 7.41. The standard InChI is InChI=1S/C11H18N4O/c1-11(2,3)10(16)14-5-4-6-15-9(14)8(12)7-13-15/h7H,4-6,12H2,1-3H3. The van der Waals surface area contributed by atoms with Gasteiger partial charge in [0.1, 0.15) is 0 Å². The van der Waals surface area contributed by atoms with Crippen molar-refractivity contribution < 1.29 is 4.79 Å². The number of aromatic nitrogens is 2. The molecule has 2 rings (SSSR count). The molecule has 1 aromatic rings. The molecule has 2 heterocycles. The van der Waals surface area contributed by atoms with Gasteiger partial charge >= 0.3 is 0 Å². The third-order valence-corrected chi connectivity index (χ3v) is 2.73. The molecular weight excluding hydrogens is 204 g/mol. The summed E-state index contributed by atoms with van der Waals surface area (Å²) in [5, 5.41) is 4.17. The molecule has 1 aliphatic heterocycles. The quantitative estimate of drug-likeness (QED) is 0.718. The van der Waals surface area contributed by atoms with Crippen molar-refractivity contribution in [2.24, 2.45) is 5.41 Å². The number of hydrogen-bond donors (Lipinski definition) is 1. The Labute approximate surface area is 95.2 Å². The lowest BCUT2D eigenvalue weighted by molar-refractivity contribution is -0.126. The van der Waals surface area contributed by atoms with Crippen LogP contribution in [0.5, 0.6) is 0 Å². The lowest BCUT2D eigenvalue weighted by Gasteiger charge is -2.33. The zero-order valence-corrected chi connectivity index (χ0v) is 10.0. The van der Waals surface area contributed by atoms with Gasteiger partial charge in [0.25, 0.3) is 0 Å². The summed E-state index contributed by atoms with van der Waals surface area (Å²) in [5.41, 5.74) is 6.05. The van der Waals surface area contributed by atoms with E-state index in [0.717, 1.165) is 25.3 Å². The largest absolute Gasteiger partial charge is 0.394 e. The van der Waals surface area contributed by atoms with Crippen LogP contribution < -0.4 is 10.6 Å². The zero-order valence-electron chi connectivity index (χ0n) is 10.0. The second kappa shape index (κ2) is 3.50. The van der Waals surface area contributed by atoms with Crippen molar-refractivity contribution >= 4 is 17.4 Å².